The second-order valence-electron chi connectivity index (χ2n) is 4.55. The van der Waals surface area contributed by atoms with Gasteiger partial charge in [0.1, 0.15) is 0 Å². The fourth-order valence-corrected chi connectivity index (χ4v) is 2.12. The number of nitrogens with zero attached hydrogens (tertiary/aromatic N) is 5. The van der Waals surface area contributed by atoms with Crippen molar-refractivity contribution in [2.75, 3.05) is 7.11 Å². The fraction of sp³-hybridized carbons (Fsp3) is 0.538. The van der Waals surface area contributed by atoms with Gasteiger partial charge < -0.3 is 4.74 Å². The Labute approximate surface area is 117 Å². The second-order valence-corrected chi connectivity index (χ2v) is 4.55. The van der Waals surface area contributed by atoms with Gasteiger partial charge in [0.15, 0.2) is 5.69 Å². The zero-order valence-electron chi connectivity index (χ0n) is 12.0. The Balaban J connectivity index is 2.17. The van der Waals surface area contributed by atoms with Crippen molar-refractivity contribution in [1.82, 2.24) is 24.8 Å². The van der Waals surface area contributed by atoms with Crippen molar-refractivity contribution in [2.45, 2.75) is 32.7 Å². The number of aryl methyl sites for hydroxylation is 3. The van der Waals surface area contributed by atoms with Gasteiger partial charge in [0.2, 0.25) is 0 Å². The molecule has 0 aliphatic heterocycles. The van der Waals surface area contributed by atoms with Gasteiger partial charge in [0.25, 0.3) is 0 Å². The van der Waals surface area contributed by atoms with E-state index in [1.54, 1.807) is 10.9 Å². The van der Waals surface area contributed by atoms with Gasteiger partial charge in [-0.2, -0.15) is 5.10 Å². The predicted molar refractivity (Wildman–Crippen MR) is 72.3 cm³/mol. The lowest BCUT2D eigenvalue weighted by Crippen LogP contribution is -2.12. The second kappa shape index (κ2) is 6.31. The molecule has 20 heavy (non-hydrogen) atoms. The molecule has 2 rings (SSSR count). The summed E-state index contributed by atoms with van der Waals surface area (Å²) in [7, 11) is 3.26. The molecule has 2 aromatic heterocycles. The predicted octanol–water partition coefficient (Wildman–Crippen LogP) is 0.993. The van der Waals surface area contributed by atoms with Crippen LogP contribution < -0.4 is 0 Å². The van der Waals surface area contributed by atoms with Crippen molar-refractivity contribution in [3.05, 3.63) is 29.3 Å². The number of carbonyl (C=O) groups is 1. The third-order valence-corrected chi connectivity index (χ3v) is 3.21. The Hall–Kier alpha value is -2.18. The van der Waals surface area contributed by atoms with Gasteiger partial charge in [0.05, 0.1) is 12.8 Å². The van der Waals surface area contributed by atoms with Crippen LogP contribution in [0.25, 0.3) is 0 Å². The fourth-order valence-electron chi connectivity index (χ4n) is 2.12. The van der Waals surface area contributed by atoms with Crippen molar-refractivity contribution < 1.29 is 9.53 Å². The number of esters is 1. The van der Waals surface area contributed by atoms with Crippen molar-refractivity contribution in [3.63, 3.8) is 0 Å². The van der Waals surface area contributed by atoms with Gasteiger partial charge in [-0.15, -0.1) is 5.10 Å². The van der Waals surface area contributed by atoms with E-state index in [0.717, 1.165) is 30.7 Å². The molecule has 0 aliphatic carbocycles. The molecule has 2 heterocycles. The van der Waals surface area contributed by atoms with Crippen LogP contribution in [-0.4, -0.2) is 37.9 Å². The van der Waals surface area contributed by atoms with Gasteiger partial charge in [0, 0.05) is 31.9 Å². The monoisotopic (exact) mass is 277 g/mol. The van der Waals surface area contributed by atoms with E-state index in [1.807, 2.05) is 17.8 Å². The zero-order chi connectivity index (χ0) is 14.5. The molecule has 0 saturated carbocycles. The van der Waals surface area contributed by atoms with E-state index in [2.05, 4.69) is 22.3 Å². The number of hydrogen-bond acceptors (Lipinski definition) is 5. The van der Waals surface area contributed by atoms with Crippen molar-refractivity contribution in [1.29, 1.82) is 0 Å². The van der Waals surface area contributed by atoms with Gasteiger partial charge in [-0.3, -0.25) is 4.68 Å². The summed E-state index contributed by atoms with van der Waals surface area (Å²) in [6.45, 7) is 2.72. The molecule has 0 saturated heterocycles. The number of hydrogen-bond donors (Lipinski definition) is 0. The Morgan fingerprint density at radius 2 is 2.20 bits per heavy atom. The smallest absolute Gasteiger partial charge is 0.360 e. The Morgan fingerprint density at radius 3 is 2.80 bits per heavy atom. The van der Waals surface area contributed by atoms with Crippen LogP contribution in [-0.2, 0) is 31.2 Å². The maximum absolute atomic E-state index is 11.7. The van der Waals surface area contributed by atoms with Crippen molar-refractivity contribution >= 4 is 5.97 Å². The summed E-state index contributed by atoms with van der Waals surface area (Å²) in [5.41, 5.74) is 2.27. The molecule has 2 aromatic rings. The highest BCUT2D eigenvalue weighted by atomic mass is 16.5. The summed E-state index contributed by atoms with van der Waals surface area (Å²) in [5, 5.41) is 12.1. The summed E-state index contributed by atoms with van der Waals surface area (Å²) in [4.78, 5) is 11.7. The van der Waals surface area contributed by atoms with E-state index in [4.69, 9.17) is 4.74 Å². The number of methoxy groups -OCH3 is 1. The summed E-state index contributed by atoms with van der Waals surface area (Å²) < 4.78 is 8.35. The van der Waals surface area contributed by atoms with Crippen LogP contribution in [0.15, 0.2) is 12.3 Å². The van der Waals surface area contributed by atoms with Crippen molar-refractivity contribution in [3.8, 4) is 0 Å². The lowest BCUT2D eigenvalue weighted by molar-refractivity contribution is 0.0592. The summed E-state index contributed by atoms with van der Waals surface area (Å²) in [5.74, 6) is -0.430. The SMILES string of the molecule is CCCc1c(C(=O)OC)nnn1CCc1ccnn1C. The van der Waals surface area contributed by atoms with Gasteiger partial charge in [-0.25, -0.2) is 9.48 Å². The molecule has 0 atom stereocenters. The number of aromatic nitrogens is 5. The maximum atomic E-state index is 11.7. The molecule has 0 aliphatic rings. The standard InChI is InChI=1S/C13H19N5O2/c1-4-5-11-12(13(19)20-3)15-16-18(11)9-7-10-6-8-14-17(10)2/h6,8H,4-5,7,9H2,1-3H3. The topological polar surface area (TPSA) is 74.8 Å². The lowest BCUT2D eigenvalue weighted by atomic mass is 10.2. The lowest BCUT2D eigenvalue weighted by Gasteiger charge is -2.07. The Kier molecular flexibility index (Phi) is 4.49. The molecule has 0 spiro atoms. The van der Waals surface area contributed by atoms with E-state index in [1.165, 1.54) is 7.11 Å². The molecule has 7 heteroatoms. The van der Waals surface area contributed by atoms with E-state index < -0.39 is 5.97 Å². The summed E-state index contributed by atoms with van der Waals surface area (Å²) in [6, 6.07) is 1.97. The number of rotatable bonds is 6. The van der Waals surface area contributed by atoms with E-state index in [9.17, 15) is 4.79 Å². The minimum Gasteiger partial charge on any atom is -0.464 e. The Morgan fingerprint density at radius 1 is 1.40 bits per heavy atom. The number of ether oxygens (including phenoxy) is 1. The maximum Gasteiger partial charge on any atom is 0.360 e. The molecule has 0 amide bonds. The summed E-state index contributed by atoms with van der Waals surface area (Å²) >= 11 is 0. The molecule has 0 unspecified atom stereocenters. The quantitative estimate of drug-likeness (QED) is 0.736. The first-order chi connectivity index (χ1) is 9.67. The van der Waals surface area contributed by atoms with E-state index >= 15 is 0 Å². The van der Waals surface area contributed by atoms with Crippen LogP contribution in [0.2, 0.25) is 0 Å². The molecule has 7 nitrogen and oxygen atoms in total. The van der Waals surface area contributed by atoms with Crippen molar-refractivity contribution in [2.24, 2.45) is 7.05 Å². The normalized spacial score (nSPS) is 10.8. The van der Waals surface area contributed by atoms with Gasteiger partial charge in [-0.05, 0) is 12.5 Å². The molecule has 108 valence electrons. The van der Waals surface area contributed by atoms with E-state index in [0.29, 0.717) is 12.2 Å². The average molecular weight is 277 g/mol. The third-order valence-electron chi connectivity index (χ3n) is 3.21. The minimum absolute atomic E-state index is 0.319. The highest BCUT2D eigenvalue weighted by Gasteiger charge is 2.19. The molecule has 0 fully saturated rings. The molecule has 0 aromatic carbocycles. The van der Waals surface area contributed by atoms with Gasteiger partial charge in [-0.1, -0.05) is 18.6 Å². The van der Waals surface area contributed by atoms with Crippen LogP contribution in [0, 0.1) is 0 Å². The van der Waals surface area contributed by atoms with Gasteiger partial charge >= 0.3 is 5.97 Å². The molecule has 0 bridgehead atoms. The first kappa shape index (κ1) is 14.2. The van der Waals surface area contributed by atoms with Crippen LogP contribution in [0.5, 0.6) is 0 Å². The highest BCUT2D eigenvalue weighted by molar-refractivity contribution is 5.88. The molecular formula is C13H19N5O2. The van der Waals surface area contributed by atoms with E-state index in [-0.39, 0.29) is 0 Å². The zero-order valence-corrected chi connectivity index (χ0v) is 12.0. The third kappa shape index (κ3) is 2.87. The molecule has 0 radical (unpaired) electrons. The largest absolute Gasteiger partial charge is 0.464 e. The van der Waals surface area contributed by atoms with Crippen LogP contribution in [0.4, 0.5) is 0 Å². The summed E-state index contributed by atoms with van der Waals surface area (Å²) in [6.07, 6.45) is 4.23. The minimum atomic E-state index is -0.430. The van der Waals surface area contributed by atoms with Crippen LogP contribution >= 0.6 is 0 Å². The van der Waals surface area contributed by atoms with Crippen LogP contribution in [0.1, 0.15) is 35.2 Å². The molecule has 0 N–H and O–H groups in total. The Bertz CT molecular complexity index is 587. The first-order valence-corrected chi connectivity index (χ1v) is 6.65. The molecular weight excluding hydrogens is 258 g/mol. The van der Waals surface area contributed by atoms with Crippen LogP contribution in [0.3, 0.4) is 0 Å². The average Bonchev–Trinajstić information content (AvgIpc) is 3.03. The first-order valence-electron chi connectivity index (χ1n) is 6.65. The number of carbonyl (C=O) groups excluding carboxylic acids is 1. The highest BCUT2D eigenvalue weighted by Crippen LogP contribution is 2.11.